The minimum absolute atomic E-state index is 0.339. The van der Waals surface area contributed by atoms with E-state index in [9.17, 15) is 4.79 Å². The molecule has 0 unspecified atom stereocenters. The fourth-order valence-electron chi connectivity index (χ4n) is 2.18. The highest BCUT2D eigenvalue weighted by Crippen LogP contribution is 2.26. The third-order valence-electron chi connectivity index (χ3n) is 3.17. The second-order valence-corrected chi connectivity index (χ2v) is 4.38. The summed E-state index contributed by atoms with van der Waals surface area (Å²) in [6.45, 7) is 2.14. The van der Waals surface area contributed by atoms with Gasteiger partial charge in [-0.2, -0.15) is 5.26 Å². The lowest BCUT2D eigenvalue weighted by molar-refractivity contribution is 0.0999. The Hall–Kier alpha value is -2.98. The summed E-state index contributed by atoms with van der Waals surface area (Å²) in [5.74, 6) is 2.07. The zero-order valence-corrected chi connectivity index (χ0v) is 11.1. The van der Waals surface area contributed by atoms with Crippen LogP contribution < -0.4 is 5.73 Å². The predicted molar refractivity (Wildman–Crippen MR) is 76.7 cm³/mol. The predicted octanol–water partition coefficient (Wildman–Crippen LogP) is 2.07. The van der Waals surface area contributed by atoms with Gasteiger partial charge in [-0.15, -0.1) is 6.42 Å². The number of nitriles is 1. The Labute approximate surface area is 117 Å². The van der Waals surface area contributed by atoms with E-state index in [4.69, 9.17) is 17.4 Å². The summed E-state index contributed by atoms with van der Waals surface area (Å²) in [6, 6.07) is 10.9. The minimum atomic E-state index is -0.490. The molecule has 0 aliphatic rings. The molecule has 2 rings (SSSR count). The van der Waals surface area contributed by atoms with E-state index in [1.165, 1.54) is 0 Å². The van der Waals surface area contributed by atoms with E-state index in [-0.39, 0.29) is 0 Å². The van der Waals surface area contributed by atoms with Crippen LogP contribution in [0.25, 0.3) is 11.3 Å². The molecule has 0 aliphatic heterocycles. The van der Waals surface area contributed by atoms with Crippen LogP contribution >= 0.6 is 0 Å². The molecule has 0 radical (unpaired) electrons. The first kappa shape index (κ1) is 13.5. The molecule has 0 atom stereocenters. The fraction of sp³-hybridized carbons (Fsp3) is 0.125. The van der Waals surface area contributed by atoms with Crippen LogP contribution in [0.1, 0.15) is 21.6 Å². The number of rotatable bonds is 3. The summed E-state index contributed by atoms with van der Waals surface area (Å²) in [5.41, 5.74) is 8.71. The average Bonchev–Trinajstić information content (AvgIpc) is 2.77. The summed E-state index contributed by atoms with van der Waals surface area (Å²) in [6.07, 6.45) is 5.38. The molecule has 0 saturated heterocycles. The molecule has 98 valence electrons. The van der Waals surface area contributed by atoms with Gasteiger partial charge in [0.25, 0.3) is 5.91 Å². The monoisotopic (exact) mass is 263 g/mol. The lowest BCUT2D eigenvalue weighted by Gasteiger charge is -2.08. The van der Waals surface area contributed by atoms with E-state index >= 15 is 0 Å². The second kappa shape index (κ2) is 5.34. The molecule has 0 bridgehead atoms. The van der Waals surface area contributed by atoms with E-state index in [0.29, 0.717) is 17.7 Å². The van der Waals surface area contributed by atoms with Crippen LogP contribution in [0.4, 0.5) is 0 Å². The van der Waals surface area contributed by atoms with Crippen LogP contribution in [0, 0.1) is 30.6 Å². The van der Waals surface area contributed by atoms with Crippen LogP contribution in [-0.2, 0) is 6.54 Å². The molecule has 0 fully saturated rings. The number of nitrogens with zero attached hydrogens (tertiary/aromatic N) is 2. The van der Waals surface area contributed by atoms with Crippen molar-refractivity contribution in [3.63, 3.8) is 0 Å². The Morgan fingerprint density at radius 1 is 1.45 bits per heavy atom. The van der Waals surface area contributed by atoms with E-state index < -0.39 is 5.91 Å². The number of benzene rings is 1. The van der Waals surface area contributed by atoms with Gasteiger partial charge in [0.2, 0.25) is 0 Å². The Morgan fingerprint density at radius 2 is 2.20 bits per heavy atom. The van der Waals surface area contributed by atoms with Crippen LogP contribution in [0.3, 0.4) is 0 Å². The van der Waals surface area contributed by atoms with Crippen molar-refractivity contribution in [3.8, 4) is 29.7 Å². The van der Waals surface area contributed by atoms with E-state index in [1.807, 2.05) is 10.6 Å². The van der Waals surface area contributed by atoms with Crippen molar-refractivity contribution in [3.05, 3.63) is 47.2 Å². The van der Waals surface area contributed by atoms with Gasteiger partial charge in [0.05, 0.1) is 23.7 Å². The standard InChI is InChI=1S/C16H13N3O/c1-3-7-19-11(2)14(16(18)20)9-15(19)13-6-4-5-12(8-13)10-17/h1,4-6,8-9H,7H2,2H3,(H2,18,20). The summed E-state index contributed by atoms with van der Waals surface area (Å²) < 4.78 is 1.84. The molecule has 0 spiro atoms. The van der Waals surface area contributed by atoms with Crippen molar-refractivity contribution in [2.75, 3.05) is 0 Å². The summed E-state index contributed by atoms with van der Waals surface area (Å²) in [7, 11) is 0. The SMILES string of the molecule is C#CCn1c(-c2cccc(C#N)c2)cc(C(N)=O)c1C. The van der Waals surface area contributed by atoms with Gasteiger partial charge >= 0.3 is 0 Å². The highest BCUT2D eigenvalue weighted by Gasteiger charge is 2.16. The maximum Gasteiger partial charge on any atom is 0.250 e. The van der Waals surface area contributed by atoms with E-state index in [1.54, 1.807) is 31.2 Å². The van der Waals surface area contributed by atoms with Crippen LogP contribution in [-0.4, -0.2) is 10.5 Å². The van der Waals surface area contributed by atoms with Crippen molar-refractivity contribution in [1.82, 2.24) is 4.57 Å². The van der Waals surface area contributed by atoms with Gasteiger partial charge < -0.3 is 10.3 Å². The number of aromatic nitrogens is 1. The first-order valence-corrected chi connectivity index (χ1v) is 6.02. The zero-order valence-electron chi connectivity index (χ0n) is 11.1. The molecule has 4 heteroatoms. The fourth-order valence-corrected chi connectivity index (χ4v) is 2.18. The molecule has 1 heterocycles. The zero-order chi connectivity index (χ0) is 14.7. The summed E-state index contributed by atoms with van der Waals surface area (Å²) in [4.78, 5) is 11.5. The third kappa shape index (κ3) is 2.28. The average molecular weight is 263 g/mol. The number of carbonyl (C=O) groups is 1. The molecule has 4 nitrogen and oxygen atoms in total. The summed E-state index contributed by atoms with van der Waals surface area (Å²) in [5, 5.41) is 8.97. The van der Waals surface area contributed by atoms with Gasteiger partial charge in [-0.25, -0.2) is 0 Å². The number of nitrogens with two attached hydrogens (primary N) is 1. The molecular weight excluding hydrogens is 250 g/mol. The van der Waals surface area contributed by atoms with Crippen molar-refractivity contribution in [1.29, 1.82) is 5.26 Å². The van der Waals surface area contributed by atoms with Gasteiger partial charge in [-0.1, -0.05) is 18.1 Å². The quantitative estimate of drug-likeness (QED) is 0.861. The molecule has 0 saturated carbocycles. The van der Waals surface area contributed by atoms with Crippen molar-refractivity contribution in [2.24, 2.45) is 5.73 Å². The molecule has 2 aromatic rings. The first-order chi connectivity index (χ1) is 9.58. The highest BCUT2D eigenvalue weighted by atomic mass is 16.1. The Balaban J connectivity index is 2.67. The van der Waals surface area contributed by atoms with Crippen LogP contribution in [0.2, 0.25) is 0 Å². The lowest BCUT2D eigenvalue weighted by Crippen LogP contribution is -2.12. The maximum absolute atomic E-state index is 11.5. The van der Waals surface area contributed by atoms with Gasteiger partial charge in [-0.3, -0.25) is 4.79 Å². The van der Waals surface area contributed by atoms with Gasteiger partial charge in [0.15, 0.2) is 0 Å². The molecule has 0 aliphatic carbocycles. The normalized spacial score (nSPS) is 9.75. The van der Waals surface area contributed by atoms with E-state index in [0.717, 1.165) is 17.0 Å². The van der Waals surface area contributed by atoms with Crippen LogP contribution in [0.15, 0.2) is 30.3 Å². The first-order valence-electron chi connectivity index (χ1n) is 6.02. The molecular formula is C16H13N3O. The maximum atomic E-state index is 11.5. The number of primary amides is 1. The lowest BCUT2D eigenvalue weighted by atomic mass is 10.1. The van der Waals surface area contributed by atoms with Gasteiger partial charge in [0.1, 0.15) is 0 Å². The van der Waals surface area contributed by atoms with Crippen molar-refractivity contribution >= 4 is 5.91 Å². The number of carbonyl (C=O) groups excluding carboxylic acids is 1. The molecule has 2 N–H and O–H groups in total. The topological polar surface area (TPSA) is 71.8 Å². The van der Waals surface area contributed by atoms with Gasteiger partial charge in [-0.05, 0) is 30.7 Å². The number of hydrogen-bond donors (Lipinski definition) is 1. The Morgan fingerprint density at radius 3 is 2.80 bits per heavy atom. The van der Waals surface area contributed by atoms with E-state index in [2.05, 4.69) is 12.0 Å². The number of terminal acetylenes is 1. The molecule has 1 aromatic heterocycles. The Kier molecular flexibility index (Phi) is 3.59. The molecule has 1 aromatic carbocycles. The molecule has 20 heavy (non-hydrogen) atoms. The summed E-state index contributed by atoms with van der Waals surface area (Å²) >= 11 is 0. The molecule has 1 amide bonds. The second-order valence-electron chi connectivity index (χ2n) is 4.38. The Bertz CT molecular complexity index is 757. The minimum Gasteiger partial charge on any atom is -0.366 e. The third-order valence-corrected chi connectivity index (χ3v) is 3.17. The largest absolute Gasteiger partial charge is 0.366 e. The van der Waals surface area contributed by atoms with Gasteiger partial charge in [0, 0.05) is 11.4 Å². The van der Waals surface area contributed by atoms with Crippen molar-refractivity contribution in [2.45, 2.75) is 13.5 Å². The van der Waals surface area contributed by atoms with Crippen LogP contribution in [0.5, 0.6) is 0 Å². The number of hydrogen-bond acceptors (Lipinski definition) is 2. The van der Waals surface area contributed by atoms with Crippen molar-refractivity contribution < 1.29 is 4.79 Å². The number of amides is 1. The smallest absolute Gasteiger partial charge is 0.250 e. The highest BCUT2D eigenvalue weighted by molar-refractivity contribution is 5.95.